The summed E-state index contributed by atoms with van der Waals surface area (Å²) in [5, 5.41) is 6.31. The number of carbonyl (C=O) groups is 1. The predicted molar refractivity (Wildman–Crippen MR) is 84.1 cm³/mol. The molecule has 0 radical (unpaired) electrons. The van der Waals surface area contributed by atoms with Crippen LogP contribution in [-0.2, 0) is 4.74 Å². The Balaban J connectivity index is 2.42. The van der Waals surface area contributed by atoms with E-state index in [-0.39, 0.29) is 18.2 Å². The second-order valence-corrected chi connectivity index (χ2v) is 6.16. The molecule has 0 saturated heterocycles. The minimum Gasteiger partial charge on any atom is -0.444 e. The molecule has 1 rings (SSSR count). The molecule has 0 spiro atoms. The van der Waals surface area contributed by atoms with Gasteiger partial charge in [0.1, 0.15) is 5.60 Å². The number of hydrogen-bond donors (Lipinski definition) is 2. The van der Waals surface area contributed by atoms with Crippen molar-refractivity contribution in [2.24, 2.45) is 0 Å². The number of aromatic nitrogens is 1. The molecule has 1 amide bonds. The highest BCUT2D eigenvalue weighted by Gasteiger charge is 2.19. The lowest BCUT2D eigenvalue weighted by molar-refractivity contribution is 0.0502. The van der Waals surface area contributed by atoms with Crippen LogP contribution in [0.25, 0.3) is 0 Å². The number of rotatable bonds is 6. The number of carbonyl (C=O) groups excluding carboxylic acids is 1. The van der Waals surface area contributed by atoms with E-state index < -0.39 is 5.60 Å². The molecule has 0 fully saturated rings. The fourth-order valence-electron chi connectivity index (χ4n) is 1.86. The number of nitrogens with zero attached hydrogens (tertiary/aromatic N) is 1. The van der Waals surface area contributed by atoms with Crippen LogP contribution >= 0.6 is 0 Å². The van der Waals surface area contributed by atoms with E-state index in [0.29, 0.717) is 6.54 Å². The Hall–Kier alpha value is -1.62. The van der Waals surface area contributed by atoms with E-state index >= 15 is 0 Å². The maximum atomic E-state index is 11.8. The molecule has 0 aromatic carbocycles. The molecule has 2 atom stereocenters. The number of hydrogen-bond acceptors (Lipinski definition) is 4. The Labute approximate surface area is 127 Å². The lowest BCUT2D eigenvalue weighted by Gasteiger charge is -2.24. The zero-order valence-electron chi connectivity index (χ0n) is 13.6. The van der Waals surface area contributed by atoms with E-state index in [1.54, 1.807) is 12.4 Å². The van der Waals surface area contributed by atoms with Crippen molar-refractivity contribution >= 4 is 6.09 Å². The topological polar surface area (TPSA) is 63.2 Å². The third kappa shape index (κ3) is 7.09. The lowest BCUT2D eigenvalue weighted by Crippen LogP contribution is -2.44. The second kappa shape index (κ2) is 7.98. The van der Waals surface area contributed by atoms with Crippen LogP contribution in [-0.4, -0.2) is 29.3 Å². The molecule has 5 heteroatoms. The van der Waals surface area contributed by atoms with Crippen LogP contribution in [0.15, 0.2) is 24.5 Å². The van der Waals surface area contributed by atoms with Gasteiger partial charge in [0, 0.05) is 31.0 Å². The Bertz CT molecular complexity index is 429. The molecule has 1 heterocycles. The van der Waals surface area contributed by atoms with Gasteiger partial charge in [-0.1, -0.05) is 6.92 Å². The van der Waals surface area contributed by atoms with Crippen molar-refractivity contribution in [1.29, 1.82) is 0 Å². The van der Waals surface area contributed by atoms with Crippen LogP contribution in [0.5, 0.6) is 0 Å². The maximum absolute atomic E-state index is 11.8. The molecule has 0 bridgehead atoms. The fraction of sp³-hybridized carbons (Fsp3) is 0.625. The van der Waals surface area contributed by atoms with Crippen molar-refractivity contribution in [1.82, 2.24) is 15.6 Å². The third-order valence-electron chi connectivity index (χ3n) is 3.09. The van der Waals surface area contributed by atoms with E-state index in [9.17, 15) is 4.79 Å². The van der Waals surface area contributed by atoms with Gasteiger partial charge in [0.25, 0.3) is 0 Å². The van der Waals surface area contributed by atoms with Gasteiger partial charge in [-0.15, -0.1) is 0 Å². The maximum Gasteiger partial charge on any atom is 0.407 e. The average Bonchev–Trinajstić information content (AvgIpc) is 2.42. The Kier molecular flexibility index (Phi) is 6.62. The SMILES string of the molecule is CCC(CNC(C)c1ccncc1)NC(=O)OC(C)(C)C. The third-order valence-corrected chi connectivity index (χ3v) is 3.09. The molecule has 0 saturated carbocycles. The first-order valence-corrected chi connectivity index (χ1v) is 7.44. The molecule has 5 nitrogen and oxygen atoms in total. The molecular formula is C16H27N3O2. The van der Waals surface area contributed by atoms with Crippen molar-refractivity contribution in [2.45, 2.75) is 58.7 Å². The first-order chi connectivity index (χ1) is 9.81. The summed E-state index contributed by atoms with van der Waals surface area (Å²) in [7, 11) is 0. The van der Waals surface area contributed by atoms with Gasteiger partial charge >= 0.3 is 6.09 Å². The molecule has 2 N–H and O–H groups in total. The van der Waals surface area contributed by atoms with Crippen molar-refractivity contribution in [3.8, 4) is 0 Å². The summed E-state index contributed by atoms with van der Waals surface area (Å²) >= 11 is 0. The summed E-state index contributed by atoms with van der Waals surface area (Å²) in [6, 6.07) is 4.23. The molecule has 21 heavy (non-hydrogen) atoms. The highest BCUT2D eigenvalue weighted by atomic mass is 16.6. The van der Waals surface area contributed by atoms with E-state index in [4.69, 9.17) is 4.74 Å². The van der Waals surface area contributed by atoms with Crippen LogP contribution in [0.2, 0.25) is 0 Å². The smallest absolute Gasteiger partial charge is 0.407 e. The van der Waals surface area contributed by atoms with Crippen molar-refractivity contribution in [2.75, 3.05) is 6.54 Å². The molecule has 0 aliphatic rings. The normalized spacial score (nSPS) is 14.3. The molecule has 0 aliphatic heterocycles. The Morgan fingerprint density at radius 2 is 1.95 bits per heavy atom. The Morgan fingerprint density at radius 1 is 1.33 bits per heavy atom. The quantitative estimate of drug-likeness (QED) is 0.846. The first kappa shape index (κ1) is 17.4. The molecule has 1 aromatic heterocycles. The zero-order valence-corrected chi connectivity index (χ0v) is 13.6. The highest BCUT2D eigenvalue weighted by Crippen LogP contribution is 2.10. The summed E-state index contributed by atoms with van der Waals surface area (Å²) in [6.45, 7) is 10.4. The molecular weight excluding hydrogens is 266 g/mol. The summed E-state index contributed by atoms with van der Waals surface area (Å²) < 4.78 is 5.28. The van der Waals surface area contributed by atoms with Crippen molar-refractivity contribution in [3.05, 3.63) is 30.1 Å². The standard InChI is InChI=1S/C16H27N3O2/c1-6-14(19-15(20)21-16(3,4)5)11-18-12(2)13-7-9-17-10-8-13/h7-10,12,14,18H,6,11H2,1-5H3,(H,19,20). The predicted octanol–water partition coefficient (Wildman–Crippen LogP) is 3.04. The van der Waals surface area contributed by atoms with E-state index in [0.717, 1.165) is 6.42 Å². The van der Waals surface area contributed by atoms with Crippen LogP contribution in [0, 0.1) is 0 Å². The fourth-order valence-corrected chi connectivity index (χ4v) is 1.86. The van der Waals surface area contributed by atoms with Gasteiger partial charge in [-0.2, -0.15) is 0 Å². The monoisotopic (exact) mass is 293 g/mol. The van der Waals surface area contributed by atoms with Gasteiger partial charge in [0.05, 0.1) is 0 Å². The lowest BCUT2D eigenvalue weighted by atomic mass is 10.1. The van der Waals surface area contributed by atoms with Gasteiger partial charge in [-0.25, -0.2) is 4.79 Å². The van der Waals surface area contributed by atoms with Crippen molar-refractivity contribution in [3.63, 3.8) is 0 Å². The Morgan fingerprint density at radius 3 is 2.48 bits per heavy atom. The minimum atomic E-state index is -0.472. The summed E-state index contributed by atoms with van der Waals surface area (Å²) in [5.74, 6) is 0. The van der Waals surface area contributed by atoms with Gasteiger partial charge in [-0.05, 0) is 51.8 Å². The van der Waals surface area contributed by atoms with E-state index in [2.05, 4.69) is 22.5 Å². The minimum absolute atomic E-state index is 0.0455. The van der Waals surface area contributed by atoms with Crippen LogP contribution in [0.4, 0.5) is 4.79 Å². The molecule has 0 aliphatic carbocycles. The number of ether oxygens (including phenoxy) is 1. The molecule has 118 valence electrons. The van der Waals surface area contributed by atoms with Gasteiger partial charge < -0.3 is 15.4 Å². The summed E-state index contributed by atoms with van der Waals surface area (Å²) in [4.78, 5) is 15.8. The van der Waals surface area contributed by atoms with E-state index in [1.807, 2.05) is 39.8 Å². The second-order valence-electron chi connectivity index (χ2n) is 6.16. The largest absolute Gasteiger partial charge is 0.444 e. The summed E-state index contributed by atoms with van der Waals surface area (Å²) in [6.07, 6.45) is 4.04. The van der Waals surface area contributed by atoms with Gasteiger partial charge in [-0.3, -0.25) is 4.98 Å². The van der Waals surface area contributed by atoms with Gasteiger partial charge in [0.15, 0.2) is 0 Å². The number of alkyl carbamates (subject to hydrolysis) is 1. The first-order valence-electron chi connectivity index (χ1n) is 7.44. The number of pyridine rings is 1. The summed E-state index contributed by atoms with van der Waals surface area (Å²) in [5.41, 5.74) is 0.706. The van der Waals surface area contributed by atoms with Crippen LogP contribution < -0.4 is 10.6 Å². The highest BCUT2D eigenvalue weighted by molar-refractivity contribution is 5.68. The van der Waals surface area contributed by atoms with Crippen molar-refractivity contribution < 1.29 is 9.53 Å². The molecule has 1 aromatic rings. The zero-order chi connectivity index (χ0) is 15.9. The van der Waals surface area contributed by atoms with Crippen LogP contribution in [0.3, 0.4) is 0 Å². The average molecular weight is 293 g/mol. The van der Waals surface area contributed by atoms with E-state index in [1.165, 1.54) is 5.56 Å². The number of nitrogens with one attached hydrogen (secondary N) is 2. The molecule has 2 unspecified atom stereocenters. The van der Waals surface area contributed by atoms with Gasteiger partial charge in [0.2, 0.25) is 0 Å². The number of amides is 1. The van der Waals surface area contributed by atoms with Crippen LogP contribution in [0.1, 0.15) is 52.6 Å².